The molecule has 0 aliphatic carbocycles. The molecule has 0 bridgehead atoms. The molecule has 24 heavy (non-hydrogen) atoms. The van der Waals surface area contributed by atoms with Gasteiger partial charge in [0, 0.05) is 15.7 Å². The van der Waals surface area contributed by atoms with E-state index in [1.54, 1.807) is 19.1 Å². The van der Waals surface area contributed by atoms with E-state index in [4.69, 9.17) is 0 Å². The lowest BCUT2D eigenvalue weighted by molar-refractivity contribution is 0.608. The Balaban J connectivity index is 2.04. The minimum absolute atomic E-state index is 0.246. The SMILES string of the molecule is CC1=C(c2cccc(Br)c2)S(=O)(=O)N=C1Nc1ccc(C)cc1C. The lowest BCUT2D eigenvalue weighted by Gasteiger charge is -2.10. The van der Waals surface area contributed by atoms with Gasteiger partial charge < -0.3 is 5.32 Å². The molecule has 0 spiro atoms. The van der Waals surface area contributed by atoms with Crippen LogP contribution in [0.2, 0.25) is 0 Å². The zero-order valence-corrected chi connectivity index (χ0v) is 16.0. The lowest BCUT2D eigenvalue weighted by Crippen LogP contribution is -2.12. The van der Waals surface area contributed by atoms with E-state index < -0.39 is 10.0 Å². The van der Waals surface area contributed by atoms with Crippen LogP contribution in [0.1, 0.15) is 23.6 Å². The standard InChI is InChI=1S/C18H17BrN2O2S/c1-11-7-8-16(12(2)9-11)20-18-13(3)17(24(22,23)21-18)14-5-4-6-15(19)10-14/h4-10H,1-3H3,(H,20,21). The van der Waals surface area contributed by atoms with Crippen molar-refractivity contribution >= 4 is 42.4 Å². The number of anilines is 1. The molecule has 0 saturated carbocycles. The molecule has 0 radical (unpaired) electrons. The van der Waals surface area contributed by atoms with E-state index in [0.717, 1.165) is 21.3 Å². The summed E-state index contributed by atoms with van der Waals surface area (Å²) in [5.41, 5.74) is 4.29. The Kier molecular flexibility index (Phi) is 4.36. The molecule has 1 N–H and O–H groups in total. The average Bonchev–Trinajstić information content (AvgIpc) is 2.71. The lowest BCUT2D eigenvalue weighted by atomic mass is 10.1. The summed E-state index contributed by atoms with van der Waals surface area (Å²) in [5.74, 6) is 0.372. The van der Waals surface area contributed by atoms with Crippen LogP contribution in [0.15, 0.2) is 56.9 Å². The van der Waals surface area contributed by atoms with Crippen LogP contribution in [-0.4, -0.2) is 14.3 Å². The fourth-order valence-electron chi connectivity index (χ4n) is 2.73. The number of nitrogens with zero attached hydrogens (tertiary/aromatic N) is 1. The minimum atomic E-state index is -3.71. The Morgan fingerprint density at radius 2 is 1.79 bits per heavy atom. The number of amidine groups is 1. The molecule has 2 aromatic carbocycles. The van der Waals surface area contributed by atoms with Crippen LogP contribution in [0, 0.1) is 13.8 Å². The highest BCUT2D eigenvalue weighted by Crippen LogP contribution is 2.34. The third-order valence-electron chi connectivity index (χ3n) is 3.89. The number of rotatable bonds is 2. The Morgan fingerprint density at radius 1 is 1.04 bits per heavy atom. The van der Waals surface area contributed by atoms with Crippen LogP contribution in [-0.2, 0) is 10.0 Å². The molecule has 1 heterocycles. The van der Waals surface area contributed by atoms with Crippen molar-refractivity contribution < 1.29 is 8.42 Å². The van der Waals surface area contributed by atoms with Crippen molar-refractivity contribution in [3.8, 4) is 0 Å². The monoisotopic (exact) mass is 404 g/mol. The highest BCUT2D eigenvalue weighted by atomic mass is 79.9. The second-order valence-electron chi connectivity index (χ2n) is 5.82. The summed E-state index contributed by atoms with van der Waals surface area (Å²) < 4.78 is 29.8. The van der Waals surface area contributed by atoms with Crippen LogP contribution in [0.5, 0.6) is 0 Å². The summed E-state index contributed by atoms with van der Waals surface area (Å²) in [6.07, 6.45) is 0. The van der Waals surface area contributed by atoms with Gasteiger partial charge >= 0.3 is 0 Å². The van der Waals surface area contributed by atoms with Gasteiger partial charge in [-0.15, -0.1) is 4.40 Å². The molecular weight excluding hydrogens is 388 g/mol. The molecule has 2 aromatic rings. The molecule has 0 aromatic heterocycles. The summed E-state index contributed by atoms with van der Waals surface area (Å²) in [6, 6.07) is 13.2. The Hall–Kier alpha value is -1.92. The third kappa shape index (κ3) is 3.16. The highest BCUT2D eigenvalue weighted by Gasteiger charge is 2.31. The van der Waals surface area contributed by atoms with Gasteiger partial charge in [0.15, 0.2) is 0 Å². The van der Waals surface area contributed by atoms with E-state index >= 15 is 0 Å². The Morgan fingerprint density at radius 3 is 2.46 bits per heavy atom. The first-order valence-electron chi connectivity index (χ1n) is 7.44. The minimum Gasteiger partial charge on any atom is -0.339 e. The number of benzene rings is 2. The van der Waals surface area contributed by atoms with Gasteiger partial charge in [0.1, 0.15) is 10.7 Å². The van der Waals surface area contributed by atoms with Gasteiger partial charge in [0.25, 0.3) is 10.0 Å². The van der Waals surface area contributed by atoms with E-state index in [9.17, 15) is 8.42 Å². The van der Waals surface area contributed by atoms with E-state index in [-0.39, 0.29) is 4.91 Å². The molecule has 6 heteroatoms. The summed E-state index contributed by atoms with van der Waals surface area (Å²) in [6.45, 7) is 5.77. The van der Waals surface area contributed by atoms with Crippen molar-refractivity contribution in [1.29, 1.82) is 0 Å². The van der Waals surface area contributed by atoms with E-state index in [1.165, 1.54) is 0 Å². The fourth-order valence-corrected chi connectivity index (χ4v) is 4.55. The second-order valence-corrected chi connectivity index (χ2v) is 8.28. The number of hydrogen-bond acceptors (Lipinski definition) is 3. The highest BCUT2D eigenvalue weighted by molar-refractivity contribution is 9.10. The number of nitrogens with one attached hydrogen (secondary N) is 1. The normalized spacial score (nSPS) is 16.2. The predicted molar refractivity (Wildman–Crippen MR) is 103 cm³/mol. The average molecular weight is 405 g/mol. The summed E-state index contributed by atoms with van der Waals surface area (Å²) in [7, 11) is -3.71. The first kappa shape index (κ1) is 16.9. The van der Waals surface area contributed by atoms with Crippen LogP contribution >= 0.6 is 15.9 Å². The first-order chi connectivity index (χ1) is 11.3. The maximum Gasteiger partial charge on any atom is 0.285 e. The molecule has 4 nitrogen and oxygen atoms in total. The number of aryl methyl sites for hydroxylation is 2. The molecule has 0 unspecified atom stereocenters. The summed E-state index contributed by atoms with van der Waals surface area (Å²) in [5, 5.41) is 3.16. The van der Waals surface area contributed by atoms with Gasteiger partial charge in [0.05, 0.1) is 0 Å². The summed E-state index contributed by atoms with van der Waals surface area (Å²) in [4.78, 5) is 0.246. The summed E-state index contributed by atoms with van der Waals surface area (Å²) >= 11 is 3.38. The van der Waals surface area contributed by atoms with Gasteiger partial charge in [-0.1, -0.05) is 45.8 Å². The van der Waals surface area contributed by atoms with Gasteiger partial charge in [-0.2, -0.15) is 8.42 Å². The van der Waals surface area contributed by atoms with Crippen molar-refractivity contribution in [3.05, 3.63) is 69.2 Å². The molecule has 3 rings (SSSR count). The molecule has 1 aliphatic heterocycles. The van der Waals surface area contributed by atoms with E-state index in [1.807, 2.05) is 44.2 Å². The number of halogens is 1. The van der Waals surface area contributed by atoms with Crippen LogP contribution in [0.4, 0.5) is 5.69 Å². The Labute approximate surface area is 150 Å². The van der Waals surface area contributed by atoms with E-state index in [0.29, 0.717) is 17.0 Å². The predicted octanol–water partition coefficient (Wildman–Crippen LogP) is 4.65. The molecule has 0 saturated heterocycles. The van der Waals surface area contributed by atoms with Crippen LogP contribution in [0.25, 0.3) is 4.91 Å². The van der Waals surface area contributed by atoms with Gasteiger partial charge in [-0.05, 0) is 50.1 Å². The van der Waals surface area contributed by atoms with E-state index in [2.05, 4.69) is 25.6 Å². The zero-order valence-electron chi connectivity index (χ0n) is 13.6. The van der Waals surface area contributed by atoms with Crippen molar-refractivity contribution in [2.45, 2.75) is 20.8 Å². The number of sulfonamides is 1. The number of hydrogen-bond donors (Lipinski definition) is 1. The van der Waals surface area contributed by atoms with Gasteiger partial charge in [-0.3, -0.25) is 0 Å². The topological polar surface area (TPSA) is 58.5 Å². The third-order valence-corrected chi connectivity index (χ3v) is 5.86. The molecule has 0 fully saturated rings. The molecule has 124 valence electrons. The molecule has 0 atom stereocenters. The van der Waals surface area contributed by atoms with Crippen LogP contribution in [0.3, 0.4) is 0 Å². The largest absolute Gasteiger partial charge is 0.339 e. The maximum atomic E-state index is 12.5. The zero-order chi connectivity index (χ0) is 17.5. The van der Waals surface area contributed by atoms with Gasteiger partial charge in [0.2, 0.25) is 0 Å². The van der Waals surface area contributed by atoms with Gasteiger partial charge in [-0.25, -0.2) is 0 Å². The van der Waals surface area contributed by atoms with Crippen LogP contribution < -0.4 is 5.32 Å². The molecular formula is C18H17BrN2O2S. The quantitative estimate of drug-likeness (QED) is 0.791. The molecule has 1 aliphatic rings. The maximum absolute atomic E-state index is 12.5. The Bertz CT molecular complexity index is 992. The first-order valence-corrected chi connectivity index (χ1v) is 9.68. The fraction of sp³-hybridized carbons (Fsp3) is 0.167. The van der Waals surface area contributed by atoms with Crippen molar-refractivity contribution in [2.24, 2.45) is 4.40 Å². The van der Waals surface area contributed by atoms with Crippen molar-refractivity contribution in [3.63, 3.8) is 0 Å². The second kappa shape index (κ2) is 6.18. The molecule has 0 amide bonds. The van der Waals surface area contributed by atoms with Crippen molar-refractivity contribution in [2.75, 3.05) is 5.32 Å². The van der Waals surface area contributed by atoms with Crippen molar-refractivity contribution in [1.82, 2.24) is 0 Å². The smallest absolute Gasteiger partial charge is 0.285 e.